The predicted molar refractivity (Wildman–Crippen MR) is 144 cm³/mol. The van der Waals surface area contributed by atoms with Crippen LogP contribution in [0.5, 0.6) is 5.75 Å². The van der Waals surface area contributed by atoms with Crippen LogP contribution in [0.3, 0.4) is 0 Å². The number of thiazole rings is 1. The number of anilines is 2. The lowest BCUT2D eigenvalue weighted by Gasteiger charge is -2.11. The molecule has 4 rings (SSSR count). The summed E-state index contributed by atoms with van der Waals surface area (Å²) < 4.78 is 5.17. The maximum absolute atomic E-state index is 12.7. The number of nitrogens with one attached hydrogen (secondary N) is 2. The van der Waals surface area contributed by atoms with Gasteiger partial charge in [-0.25, -0.2) is 4.98 Å². The maximum Gasteiger partial charge on any atom is 0.255 e. The van der Waals surface area contributed by atoms with Gasteiger partial charge in [-0.05, 0) is 56.3 Å². The van der Waals surface area contributed by atoms with Crippen molar-refractivity contribution in [3.05, 3.63) is 89.3 Å². The van der Waals surface area contributed by atoms with Gasteiger partial charge in [0.25, 0.3) is 5.91 Å². The van der Waals surface area contributed by atoms with Crippen molar-refractivity contribution < 1.29 is 14.3 Å². The minimum Gasteiger partial charge on any atom is -0.497 e. The third-order valence-electron chi connectivity index (χ3n) is 5.21. The van der Waals surface area contributed by atoms with Gasteiger partial charge < -0.3 is 15.4 Å². The van der Waals surface area contributed by atoms with Gasteiger partial charge in [0.15, 0.2) is 5.13 Å². The average molecular weight is 504 g/mol. The number of ether oxygens (including phenoxy) is 1. The third-order valence-corrected chi connectivity index (χ3v) is 7.08. The minimum atomic E-state index is -0.320. The summed E-state index contributed by atoms with van der Waals surface area (Å²) in [5.74, 6) is 0.293. The van der Waals surface area contributed by atoms with Gasteiger partial charge in [-0.15, -0.1) is 23.1 Å². The second-order valence-corrected chi connectivity index (χ2v) is 10.1. The van der Waals surface area contributed by atoms with Crippen molar-refractivity contribution in [3.8, 4) is 17.0 Å². The Morgan fingerprint density at radius 3 is 2.46 bits per heavy atom. The lowest BCUT2D eigenvalue weighted by molar-refractivity contribution is -0.115. The van der Waals surface area contributed by atoms with E-state index in [4.69, 9.17) is 4.74 Å². The first kappa shape index (κ1) is 24.5. The Bertz CT molecular complexity index is 1320. The van der Waals surface area contributed by atoms with Crippen LogP contribution in [0.25, 0.3) is 11.3 Å². The van der Waals surface area contributed by atoms with E-state index in [1.807, 2.05) is 67.8 Å². The van der Waals surface area contributed by atoms with Gasteiger partial charge in [-0.2, -0.15) is 0 Å². The third kappa shape index (κ3) is 6.49. The molecule has 0 aliphatic heterocycles. The van der Waals surface area contributed by atoms with Crippen LogP contribution in [0.4, 0.5) is 10.8 Å². The summed E-state index contributed by atoms with van der Waals surface area (Å²) >= 11 is 2.85. The average Bonchev–Trinajstić information content (AvgIpc) is 3.34. The first-order valence-corrected chi connectivity index (χ1v) is 12.7. The molecule has 0 fully saturated rings. The van der Waals surface area contributed by atoms with E-state index in [1.54, 1.807) is 31.4 Å². The Labute approximate surface area is 212 Å². The Hall–Kier alpha value is -3.62. The van der Waals surface area contributed by atoms with Crippen LogP contribution in [0.15, 0.2) is 83.1 Å². The topological polar surface area (TPSA) is 80.3 Å². The van der Waals surface area contributed by atoms with Crippen molar-refractivity contribution >= 4 is 45.7 Å². The lowest BCUT2D eigenvalue weighted by atomic mass is 10.1. The van der Waals surface area contributed by atoms with Crippen molar-refractivity contribution in [2.24, 2.45) is 0 Å². The van der Waals surface area contributed by atoms with Gasteiger partial charge >= 0.3 is 0 Å². The quantitative estimate of drug-likeness (QED) is 0.268. The smallest absolute Gasteiger partial charge is 0.255 e. The minimum absolute atomic E-state index is 0.116. The summed E-state index contributed by atoms with van der Waals surface area (Å²) in [5.41, 5.74) is 4.24. The van der Waals surface area contributed by atoms with E-state index >= 15 is 0 Å². The highest BCUT2D eigenvalue weighted by molar-refractivity contribution is 8.00. The normalized spacial score (nSPS) is 11.5. The zero-order valence-electron chi connectivity index (χ0n) is 19.6. The second kappa shape index (κ2) is 11.2. The van der Waals surface area contributed by atoms with Gasteiger partial charge in [-0.1, -0.05) is 35.9 Å². The van der Waals surface area contributed by atoms with E-state index < -0.39 is 0 Å². The molecular weight excluding hydrogens is 478 g/mol. The van der Waals surface area contributed by atoms with Gasteiger partial charge in [0.1, 0.15) is 5.75 Å². The Morgan fingerprint density at radius 1 is 1.00 bits per heavy atom. The van der Waals surface area contributed by atoms with Crippen LogP contribution in [0.2, 0.25) is 0 Å². The van der Waals surface area contributed by atoms with Crippen molar-refractivity contribution in [3.63, 3.8) is 0 Å². The van der Waals surface area contributed by atoms with Gasteiger partial charge in [-0.3, -0.25) is 9.59 Å². The molecule has 0 aliphatic carbocycles. The molecule has 35 heavy (non-hydrogen) atoms. The molecule has 8 heteroatoms. The number of aromatic nitrogens is 1. The van der Waals surface area contributed by atoms with E-state index in [-0.39, 0.29) is 17.1 Å². The zero-order chi connectivity index (χ0) is 24.8. The number of benzene rings is 3. The van der Waals surface area contributed by atoms with Crippen molar-refractivity contribution in [2.45, 2.75) is 24.0 Å². The van der Waals surface area contributed by atoms with Crippen LogP contribution in [-0.2, 0) is 4.79 Å². The number of amides is 2. The SMILES string of the molecule is COc1cccc(C(=O)Nc2ccc(SC(C)C(=O)Nc3nc(-c4ccc(C)cc4)cs3)cc2)c1. The molecule has 0 bridgehead atoms. The summed E-state index contributed by atoms with van der Waals surface area (Å²) in [4.78, 5) is 30.6. The number of methoxy groups -OCH3 is 1. The highest BCUT2D eigenvalue weighted by atomic mass is 32.2. The summed E-state index contributed by atoms with van der Waals surface area (Å²) in [5, 5.41) is 7.98. The van der Waals surface area contributed by atoms with Gasteiger partial charge in [0.2, 0.25) is 5.91 Å². The van der Waals surface area contributed by atoms with Gasteiger partial charge in [0, 0.05) is 27.1 Å². The van der Waals surface area contributed by atoms with Crippen LogP contribution in [0, 0.1) is 6.92 Å². The molecule has 0 spiro atoms. The van der Waals surface area contributed by atoms with E-state index in [0.29, 0.717) is 22.1 Å². The summed E-state index contributed by atoms with van der Waals surface area (Å²) in [6, 6.07) is 22.5. The first-order valence-electron chi connectivity index (χ1n) is 11.0. The number of hydrogen-bond acceptors (Lipinski definition) is 6. The fourth-order valence-electron chi connectivity index (χ4n) is 3.24. The molecule has 0 saturated heterocycles. The van der Waals surface area contributed by atoms with Gasteiger partial charge in [0.05, 0.1) is 18.1 Å². The highest BCUT2D eigenvalue weighted by Crippen LogP contribution is 2.28. The predicted octanol–water partition coefficient (Wildman–Crippen LogP) is 6.50. The summed E-state index contributed by atoms with van der Waals surface area (Å²) in [6.07, 6.45) is 0. The van der Waals surface area contributed by atoms with Crippen molar-refractivity contribution in [2.75, 3.05) is 17.7 Å². The second-order valence-electron chi connectivity index (χ2n) is 7.86. The number of carbonyl (C=O) groups is 2. The molecule has 2 amide bonds. The number of aryl methyl sites for hydroxylation is 1. The van der Waals surface area contributed by atoms with Crippen LogP contribution >= 0.6 is 23.1 Å². The highest BCUT2D eigenvalue weighted by Gasteiger charge is 2.17. The largest absolute Gasteiger partial charge is 0.497 e. The Balaban J connectivity index is 1.31. The number of rotatable bonds is 8. The molecule has 4 aromatic rings. The molecule has 0 radical (unpaired) electrons. The van der Waals surface area contributed by atoms with Crippen molar-refractivity contribution in [1.29, 1.82) is 0 Å². The molecule has 1 unspecified atom stereocenters. The van der Waals surface area contributed by atoms with Crippen LogP contribution in [-0.4, -0.2) is 29.2 Å². The summed E-state index contributed by atoms with van der Waals surface area (Å²) in [6.45, 7) is 3.90. The summed E-state index contributed by atoms with van der Waals surface area (Å²) in [7, 11) is 1.56. The number of carbonyl (C=O) groups excluding carboxylic acids is 2. The van der Waals surface area contributed by atoms with E-state index in [2.05, 4.69) is 15.6 Å². The van der Waals surface area contributed by atoms with Crippen LogP contribution in [0.1, 0.15) is 22.8 Å². The molecule has 1 atom stereocenters. The molecule has 1 heterocycles. The fraction of sp³-hybridized carbons (Fsp3) is 0.148. The Kier molecular flexibility index (Phi) is 7.84. The number of thioether (sulfide) groups is 1. The molecule has 6 nitrogen and oxygen atoms in total. The van der Waals surface area contributed by atoms with E-state index in [0.717, 1.165) is 16.2 Å². The molecule has 0 aliphatic rings. The number of nitrogens with zero attached hydrogens (tertiary/aromatic N) is 1. The first-order chi connectivity index (χ1) is 16.9. The fourth-order valence-corrected chi connectivity index (χ4v) is 4.83. The lowest BCUT2D eigenvalue weighted by Crippen LogP contribution is -2.22. The maximum atomic E-state index is 12.7. The zero-order valence-corrected chi connectivity index (χ0v) is 21.2. The van der Waals surface area contributed by atoms with E-state index in [9.17, 15) is 9.59 Å². The molecule has 178 valence electrons. The molecular formula is C27H25N3O3S2. The Morgan fingerprint density at radius 2 is 1.74 bits per heavy atom. The van der Waals surface area contributed by atoms with E-state index in [1.165, 1.54) is 28.7 Å². The van der Waals surface area contributed by atoms with Crippen LogP contribution < -0.4 is 15.4 Å². The molecule has 3 aromatic carbocycles. The molecule has 1 aromatic heterocycles. The van der Waals surface area contributed by atoms with Crippen molar-refractivity contribution in [1.82, 2.24) is 4.98 Å². The standard InChI is InChI=1S/C27H25N3O3S2/c1-17-7-9-19(10-8-17)24-16-34-27(29-24)30-25(31)18(2)35-23-13-11-21(12-14-23)28-26(32)20-5-4-6-22(15-20)33-3/h4-16,18H,1-3H3,(H,28,32)(H,29,30,31). The molecule has 0 saturated carbocycles. The number of hydrogen-bond donors (Lipinski definition) is 2. The monoisotopic (exact) mass is 503 g/mol. The molecule has 2 N–H and O–H groups in total.